The van der Waals surface area contributed by atoms with Crippen molar-refractivity contribution in [2.45, 2.75) is 31.7 Å². The third-order valence-electron chi connectivity index (χ3n) is 2.38. The van der Waals surface area contributed by atoms with Crippen molar-refractivity contribution in [2.75, 3.05) is 4.43 Å². The molecule has 0 saturated carbocycles. The number of carbonyl (C=O) groups excluding carboxylic acids is 2. The minimum Gasteiger partial charge on any atom is -0.442 e. The lowest BCUT2D eigenvalue weighted by Gasteiger charge is -2.30. The summed E-state index contributed by atoms with van der Waals surface area (Å²) in [6.07, 6.45) is -7.04. The van der Waals surface area contributed by atoms with E-state index in [-0.39, 0.29) is 4.90 Å². The molecule has 1 saturated heterocycles. The molecule has 0 aromatic carbocycles. The maximum Gasteiger partial charge on any atom is 0.471 e. The third-order valence-corrected chi connectivity index (χ3v) is 3.18. The van der Waals surface area contributed by atoms with E-state index in [2.05, 4.69) is 0 Å². The van der Waals surface area contributed by atoms with E-state index in [1.807, 2.05) is 22.6 Å². The molecule has 0 aromatic rings. The van der Waals surface area contributed by atoms with Gasteiger partial charge in [0.1, 0.15) is 6.10 Å². The molecular formula is C8H9F3INO3. The summed E-state index contributed by atoms with van der Waals surface area (Å²) in [6.45, 7) is 2.73. The van der Waals surface area contributed by atoms with E-state index < -0.39 is 29.8 Å². The van der Waals surface area contributed by atoms with Gasteiger partial charge in [0.15, 0.2) is 0 Å². The van der Waals surface area contributed by atoms with Crippen molar-refractivity contribution in [3.8, 4) is 0 Å². The molecule has 1 atom stereocenters. The second kappa shape index (κ2) is 4.04. The Morgan fingerprint density at radius 1 is 1.56 bits per heavy atom. The zero-order valence-electron chi connectivity index (χ0n) is 8.47. The first kappa shape index (κ1) is 13.5. The van der Waals surface area contributed by atoms with Crippen LogP contribution in [0.3, 0.4) is 0 Å². The fourth-order valence-corrected chi connectivity index (χ4v) is 2.65. The van der Waals surface area contributed by atoms with Crippen LogP contribution in [0.25, 0.3) is 0 Å². The number of amides is 2. The van der Waals surface area contributed by atoms with Gasteiger partial charge in [-0.25, -0.2) is 9.69 Å². The average molecular weight is 351 g/mol. The van der Waals surface area contributed by atoms with Crippen molar-refractivity contribution in [3.05, 3.63) is 0 Å². The standard InChI is InChI=1S/C8H9F3INO3/c1-7(2)4(3-12)16-6(15)13(7)5(14)8(9,10)11/h4H,3H2,1-2H3. The van der Waals surface area contributed by atoms with Crippen molar-refractivity contribution in [1.29, 1.82) is 0 Å². The second-order valence-corrected chi connectivity index (χ2v) is 4.70. The highest BCUT2D eigenvalue weighted by Gasteiger charge is 2.57. The largest absolute Gasteiger partial charge is 0.471 e. The van der Waals surface area contributed by atoms with Gasteiger partial charge in [-0.1, -0.05) is 22.6 Å². The topological polar surface area (TPSA) is 46.6 Å². The number of hydrogen-bond donors (Lipinski definition) is 0. The molecule has 92 valence electrons. The van der Waals surface area contributed by atoms with Gasteiger partial charge in [-0.2, -0.15) is 13.2 Å². The molecular weight excluding hydrogens is 342 g/mol. The van der Waals surface area contributed by atoms with Crippen molar-refractivity contribution in [1.82, 2.24) is 4.90 Å². The summed E-state index contributed by atoms with van der Waals surface area (Å²) in [6, 6.07) is 0. The van der Waals surface area contributed by atoms with Gasteiger partial charge in [-0.05, 0) is 13.8 Å². The fraction of sp³-hybridized carbons (Fsp3) is 0.750. The summed E-state index contributed by atoms with van der Waals surface area (Å²) in [7, 11) is 0. The fourth-order valence-electron chi connectivity index (χ4n) is 1.39. The summed E-state index contributed by atoms with van der Waals surface area (Å²) in [5.74, 6) is -2.19. The molecule has 0 aliphatic carbocycles. The maximum absolute atomic E-state index is 12.2. The Morgan fingerprint density at radius 2 is 2.06 bits per heavy atom. The van der Waals surface area contributed by atoms with E-state index in [4.69, 9.17) is 4.74 Å². The molecule has 0 radical (unpaired) electrons. The summed E-state index contributed by atoms with van der Waals surface area (Å²) in [5, 5.41) is 0. The molecule has 4 nitrogen and oxygen atoms in total. The minimum absolute atomic E-state index is 0.135. The molecule has 0 spiro atoms. The highest BCUT2D eigenvalue weighted by Crippen LogP contribution is 2.34. The molecule has 0 N–H and O–H groups in total. The predicted octanol–water partition coefficient (Wildman–Crippen LogP) is 2.11. The molecule has 1 heterocycles. The molecule has 1 aliphatic heterocycles. The normalized spacial score (nSPS) is 24.5. The van der Waals surface area contributed by atoms with E-state index in [1.54, 1.807) is 0 Å². The molecule has 2 amide bonds. The summed E-state index contributed by atoms with van der Waals surface area (Å²) in [5.41, 5.74) is -1.29. The Hall–Kier alpha value is -0.540. The van der Waals surface area contributed by atoms with Gasteiger partial charge >= 0.3 is 18.2 Å². The quantitative estimate of drug-likeness (QED) is 0.537. The molecule has 1 rings (SSSR count). The van der Waals surface area contributed by atoms with Gasteiger partial charge in [-0.15, -0.1) is 0 Å². The van der Waals surface area contributed by atoms with Crippen LogP contribution in [0.4, 0.5) is 18.0 Å². The van der Waals surface area contributed by atoms with E-state index in [1.165, 1.54) is 13.8 Å². The van der Waals surface area contributed by atoms with Crippen molar-refractivity contribution >= 4 is 34.6 Å². The Morgan fingerprint density at radius 3 is 2.38 bits per heavy atom. The summed E-state index contributed by atoms with van der Waals surface area (Å²) < 4.78 is 41.8. The van der Waals surface area contributed by atoms with Crippen LogP contribution in [0, 0.1) is 0 Å². The molecule has 16 heavy (non-hydrogen) atoms. The molecule has 0 bridgehead atoms. The van der Waals surface area contributed by atoms with E-state index in [9.17, 15) is 22.8 Å². The van der Waals surface area contributed by atoms with Gasteiger partial charge in [0, 0.05) is 4.43 Å². The van der Waals surface area contributed by atoms with Crippen LogP contribution in [-0.2, 0) is 9.53 Å². The number of imide groups is 1. The number of hydrogen-bond acceptors (Lipinski definition) is 3. The Bertz CT molecular complexity index is 329. The molecule has 1 fully saturated rings. The van der Waals surface area contributed by atoms with Gasteiger partial charge in [0.05, 0.1) is 5.54 Å². The zero-order valence-corrected chi connectivity index (χ0v) is 10.6. The van der Waals surface area contributed by atoms with Crippen LogP contribution >= 0.6 is 22.6 Å². The number of carbonyl (C=O) groups is 2. The number of halogens is 4. The zero-order chi connectivity index (χ0) is 12.7. The van der Waals surface area contributed by atoms with Gasteiger partial charge in [-0.3, -0.25) is 4.79 Å². The summed E-state index contributed by atoms with van der Waals surface area (Å²) >= 11 is 1.88. The molecule has 1 aliphatic rings. The van der Waals surface area contributed by atoms with Crippen molar-refractivity contribution in [2.24, 2.45) is 0 Å². The van der Waals surface area contributed by atoms with E-state index >= 15 is 0 Å². The molecule has 8 heteroatoms. The predicted molar refractivity (Wildman–Crippen MR) is 56.1 cm³/mol. The minimum atomic E-state index is -5.07. The maximum atomic E-state index is 12.2. The third kappa shape index (κ3) is 2.11. The molecule has 0 aromatic heterocycles. The SMILES string of the molecule is CC1(C)C(CI)OC(=O)N1C(=O)C(F)(F)F. The number of rotatable bonds is 1. The van der Waals surface area contributed by atoms with Gasteiger partial charge in [0.25, 0.3) is 0 Å². The highest BCUT2D eigenvalue weighted by atomic mass is 127. The van der Waals surface area contributed by atoms with E-state index in [0.717, 1.165) is 0 Å². The number of cyclic esters (lactones) is 1. The van der Waals surface area contributed by atoms with Crippen molar-refractivity contribution in [3.63, 3.8) is 0 Å². The second-order valence-electron chi connectivity index (χ2n) is 3.82. The number of ether oxygens (including phenoxy) is 1. The lowest BCUT2D eigenvalue weighted by Crippen LogP contribution is -2.53. The highest BCUT2D eigenvalue weighted by molar-refractivity contribution is 14.1. The van der Waals surface area contributed by atoms with Crippen LogP contribution in [0.2, 0.25) is 0 Å². The Labute approximate surface area is 103 Å². The van der Waals surface area contributed by atoms with Crippen LogP contribution in [-0.4, -0.2) is 39.1 Å². The molecule has 1 unspecified atom stereocenters. The lowest BCUT2D eigenvalue weighted by atomic mass is 9.98. The Kier molecular flexibility index (Phi) is 3.42. The number of alkyl halides is 4. The lowest BCUT2D eigenvalue weighted by molar-refractivity contribution is -0.185. The monoisotopic (exact) mass is 351 g/mol. The smallest absolute Gasteiger partial charge is 0.442 e. The van der Waals surface area contributed by atoms with Crippen molar-refractivity contribution < 1.29 is 27.5 Å². The number of nitrogens with zero attached hydrogens (tertiary/aromatic N) is 1. The summed E-state index contributed by atoms with van der Waals surface area (Å²) in [4.78, 5) is 22.4. The van der Waals surface area contributed by atoms with E-state index in [0.29, 0.717) is 4.43 Å². The first-order valence-electron chi connectivity index (χ1n) is 4.30. The average Bonchev–Trinajstić information content (AvgIpc) is 2.33. The Balaban J connectivity index is 3.05. The van der Waals surface area contributed by atoms with Crippen LogP contribution < -0.4 is 0 Å². The first-order valence-corrected chi connectivity index (χ1v) is 5.83. The van der Waals surface area contributed by atoms with Gasteiger partial charge < -0.3 is 4.74 Å². The van der Waals surface area contributed by atoms with Crippen LogP contribution in [0.5, 0.6) is 0 Å². The first-order chi connectivity index (χ1) is 7.12. The van der Waals surface area contributed by atoms with Crippen LogP contribution in [0.1, 0.15) is 13.8 Å². The van der Waals surface area contributed by atoms with Crippen LogP contribution in [0.15, 0.2) is 0 Å². The van der Waals surface area contributed by atoms with Gasteiger partial charge in [0.2, 0.25) is 0 Å².